The van der Waals surface area contributed by atoms with E-state index in [0.717, 1.165) is 4.57 Å². The van der Waals surface area contributed by atoms with E-state index in [9.17, 15) is 19.2 Å². The Morgan fingerprint density at radius 2 is 1.93 bits per heavy atom. The van der Waals surface area contributed by atoms with Gasteiger partial charge in [-0.25, -0.2) is 4.79 Å². The van der Waals surface area contributed by atoms with E-state index in [0.29, 0.717) is 10.7 Å². The molecule has 0 spiro atoms. The lowest BCUT2D eigenvalue weighted by Crippen LogP contribution is -2.45. The van der Waals surface area contributed by atoms with E-state index in [-0.39, 0.29) is 29.2 Å². The standard InChI is InChI=1S/C17H16Cl2N4O4/c1-22-14-9(16(26)23(2)17(22)27)6-8(15(25)21-14)7-12(24)20-11-5-3-4-10(18)13(11)19/h3-5,8H,6-7H2,1-2H3,(H,20,24)(H,21,25). The van der Waals surface area contributed by atoms with Crippen LogP contribution in [0.5, 0.6) is 0 Å². The van der Waals surface area contributed by atoms with Crippen LogP contribution in [0.15, 0.2) is 27.8 Å². The maximum absolute atomic E-state index is 12.4. The van der Waals surface area contributed by atoms with Gasteiger partial charge in [0.05, 0.1) is 27.2 Å². The smallest absolute Gasteiger partial charge is 0.325 e. The van der Waals surface area contributed by atoms with Crippen molar-refractivity contribution in [2.45, 2.75) is 12.8 Å². The molecule has 1 aromatic carbocycles. The molecule has 0 saturated heterocycles. The lowest BCUT2D eigenvalue weighted by molar-refractivity contribution is -0.125. The molecule has 0 fully saturated rings. The van der Waals surface area contributed by atoms with Crippen molar-refractivity contribution in [2.24, 2.45) is 20.0 Å². The summed E-state index contributed by atoms with van der Waals surface area (Å²) >= 11 is 12.0. The topological polar surface area (TPSA) is 102 Å². The van der Waals surface area contributed by atoms with Gasteiger partial charge in [0.25, 0.3) is 5.56 Å². The number of amides is 2. The molecule has 1 atom stereocenters. The number of rotatable bonds is 3. The van der Waals surface area contributed by atoms with Crippen LogP contribution in [-0.2, 0) is 30.1 Å². The fraction of sp³-hybridized carbons (Fsp3) is 0.294. The number of benzene rings is 1. The van der Waals surface area contributed by atoms with Crippen molar-refractivity contribution in [3.05, 3.63) is 54.6 Å². The lowest BCUT2D eigenvalue weighted by atomic mass is 9.92. The third-order valence-electron chi connectivity index (χ3n) is 4.48. The summed E-state index contributed by atoms with van der Waals surface area (Å²) in [5.41, 5.74) is -0.399. The molecule has 2 amide bonds. The molecule has 0 radical (unpaired) electrons. The van der Waals surface area contributed by atoms with Crippen molar-refractivity contribution in [1.82, 2.24) is 9.13 Å². The molecule has 2 N–H and O–H groups in total. The first-order valence-corrected chi connectivity index (χ1v) is 8.80. The molecule has 1 aliphatic rings. The Morgan fingerprint density at radius 3 is 2.63 bits per heavy atom. The normalized spacial score (nSPS) is 15.9. The molecule has 8 nitrogen and oxygen atoms in total. The Kier molecular flexibility index (Phi) is 5.12. The van der Waals surface area contributed by atoms with Gasteiger partial charge in [0.1, 0.15) is 5.82 Å². The Bertz CT molecular complexity index is 1070. The maximum Gasteiger partial charge on any atom is 0.332 e. The molecule has 3 rings (SSSR count). The predicted molar refractivity (Wildman–Crippen MR) is 102 cm³/mol. The summed E-state index contributed by atoms with van der Waals surface area (Å²) in [5, 5.41) is 5.67. The number of nitrogens with one attached hydrogen (secondary N) is 2. The molecule has 1 aromatic heterocycles. The minimum absolute atomic E-state index is 0.0542. The summed E-state index contributed by atoms with van der Waals surface area (Å²) < 4.78 is 2.18. The second kappa shape index (κ2) is 7.21. The molecular formula is C17H16Cl2N4O4. The van der Waals surface area contributed by atoms with Gasteiger partial charge in [0.15, 0.2) is 0 Å². The monoisotopic (exact) mass is 410 g/mol. The average Bonchev–Trinajstić information content (AvgIpc) is 2.63. The minimum Gasteiger partial charge on any atom is -0.325 e. The van der Waals surface area contributed by atoms with Crippen molar-refractivity contribution in [1.29, 1.82) is 0 Å². The summed E-state index contributed by atoms with van der Waals surface area (Å²) in [4.78, 5) is 49.0. The highest BCUT2D eigenvalue weighted by molar-refractivity contribution is 6.44. The first kappa shape index (κ1) is 19.2. The first-order chi connectivity index (χ1) is 12.7. The molecule has 27 heavy (non-hydrogen) atoms. The van der Waals surface area contributed by atoms with Gasteiger partial charge < -0.3 is 10.6 Å². The van der Waals surface area contributed by atoms with Crippen LogP contribution in [0.1, 0.15) is 12.0 Å². The Morgan fingerprint density at radius 1 is 1.22 bits per heavy atom. The van der Waals surface area contributed by atoms with Crippen molar-refractivity contribution < 1.29 is 9.59 Å². The molecule has 142 valence electrons. The van der Waals surface area contributed by atoms with Crippen molar-refractivity contribution in [3.8, 4) is 0 Å². The lowest BCUT2D eigenvalue weighted by Gasteiger charge is -2.25. The third-order valence-corrected chi connectivity index (χ3v) is 5.30. The van der Waals surface area contributed by atoms with E-state index < -0.39 is 29.0 Å². The van der Waals surface area contributed by atoms with Crippen molar-refractivity contribution in [3.63, 3.8) is 0 Å². The van der Waals surface area contributed by atoms with Crippen LogP contribution in [0.3, 0.4) is 0 Å². The number of nitrogens with zero attached hydrogens (tertiary/aromatic N) is 2. The van der Waals surface area contributed by atoms with Gasteiger partial charge in [0, 0.05) is 20.5 Å². The molecule has 0 bridgehead atoms. The molecule has 1 unspecified atom stereocenters. The van der Waals surface area contributed by atoms with Crippen LogP contribution in [0.4, 0.5) is 11.5 Å². The minimum atomic E-state index is -0.749. The highest BCUT2D eigenvalue weighted by Crippen LogP contribution is 2.30. The van der Waals surface area contributed by atoms with Crippen LogP contribution >= 0.6 is 23.2 Å². The van der Waals surface area contributed by atoms with Crippen LogP contribution in [-0.4, -0.2) is 20.9 Å². The van der Waals surface area contributed by atoms with Crippen LogP contribution in [0.25, 0.3) is 0 Å². The fourth-order valence-electron chi connectivity index (χ4n) is 3.01. The highest BCUT2D eigenvalue weighted by Gasteiger charge is 2.32. The molecule has 0 aliphatic carbocycles. The van der Waals surface area contributed by atoms with E-state index in [1.54, 1.807) is 18.2 Å². The summed E-state index contributed by atoms with van der Waals surface area (Å²) in [6.07, 6.45) is -0.0984. The number of carbonyl (C=O) groups is 2. The summed E-state index contributed by atoms with van der Waals surface area (Å²) in [6.45, 7) is 0. The predicted octanol–water partition coefficient (Wildman–Crippen LogP) is 1.53. The van der Waals surface area contributed by atoms with E-state index in [1.165, 1.54) is 18.7 Å². The van der Waals surface area contributed by atoms with Gasteiger partial charge >= 0.3 is 5.69 Å². The second-order valence-corrected chi connectivity index (χ2v) is 7.06. The molecule has 10 heteroatoms. The molecule has 2 heterocycles. The number of carbonyl (C=O) groups excluding carboxylic acids is 2. The summed E-state index contributed by atoms with van der Waals surface area (Å²) in [7, 11) is 2.83. The zero-order valence-corrected chi connectivity index (χ0v) is 16.0. The molecule has 2 aromatic rings. The SMILES string of the molecule is Cn1c2c(c(=O)n(C)c1=O)CC(CC(=O)Nc1cccc(Cl)c1Cl)C(=O)N2. The van der Waals surface area contributed by atoms with Crippen LogP contribution < -0.4 is 21.9 Å². The van der Waals surface area contributed by atoms with Crippen LogP contribution in [0, 0.1) is 5.92 Å². The van der Waals surface area contributed by atoms with E-state index in [1.807, 2.05) is 0 Å². The van der Waals surface area contributed by atoms with E-state index in [2.05, 4.69) is 10.6 Å². The largest absolute Gasteiger partial charge is 0.332 e. The fourth-order valence-corrected chi connectivity index (χ4v) is 3.35. The summed E-state index contributed by atoms with van der Waals surface area (Å²) in [5.74, 6) is -1.45. The molecule has 0 saturated carbocycles. The van der Waals surface area contributed by atoms with Gasteiger partial charge in [-0.3, -0.25) is 23.5 Å². The second-order valence-electron chi connectivity index (χ2n) is 6.28. The maximum atomic E-state index is 12.4. The van der Waals surface area contributed by atoms with Crippen LogP contribution in [0.2, 0.25) is 10.0 Å². The van der Waals surface area contributed by atoms with Crippen molar-refractivity contribution in [2.75, 3.05) is 10.6 Å². The third kappa shape index (κ3) is 3.50. The quantitative estimate of drug-likeness (QED) is 0.800. The van der Waals surface area contributed by atoms with Gasteiger partial charge in [-0.05, 0) is 18.6 Å². The zero-order chi connectivity index (χ0) is 19.9. The van der Waals surface area contributed by atoms with E-state index >= 15 is 0 Å². The number of anilines is 2. The number of aromatic nitrogens is 2. The Labute approximate surface area is 163 Å². The number of hydrogen-bond donors (Lipinski definition) is 2. The zero-order valence-electron chi connectivity index (χ0n) is 14.5. The highest BCUT2D eigenvalue weighted by atomic mass is 35.5. The van der Waals surface area contributed by atoms with Crippen molar-refractivity contribution >= 4 is 46.5 Å². The van der Waals surface area contributed by atoms with E-state index in [4.69, 9.17) is 23.2 Å². The summed E-state index contributed by atoms with van der Waals surface area (Å²) in [6, 6.07) is 4.82. The molecule has 1 aliphatic heterocycles. The number of hydrogen-bond acceptors (Lipinski definition) is 4. The van der Waals surface area contributed by atoms with Gasteiger partial charge in [-0.15, -0.1) is 0 Å². The number of fused-ring (bicyclic) bond motifs is 1. The average molecular weight is 411 g/mol. The number of halogens is 2. The van der Waals surface area contributed by atoms with Gasteiger partial charge in [0.2, 0.25) is 11.8 Å². The first-order valence-electron chi connectivity index (χ1n) is 8.04. The Hall–Kier alpha value is -2.58. The van der Waals surface area contributed by atoms with Gasteiger partial charge in [-0.2, -0.15) is 0 Å². The molecular weight excluding hydrogens is 395 g/mol. The van der Waals surface area contributed by atoms with Gasteiger partial charge in [-0.1, -0.05) is 29.3 Å². The Balaban J connectivity index is 1.83.